The number of aromatic nitrogens is 1. The Labute approximate surface area is 88.5 Å². The Bertz CT molecular complexity index is 292. The minimum atomic E-state index is 0.341. The van der Waals surface area contributed by atoms with Crippen molar-refractivity contribution in [2.75, 3.05) is 20.6 Å². The fourth-order valence-corrected chi connectivity index (χ4v) is 1.62. The predicted octanol–water partition coefficient (Wildman–Crippen LogP) is 1.12. The van der Waals surface area contributed by atoms with E-state index in [1.807, 2.05) is 25.7 Å². The first-order chi connectivity index (χ1) is 6.61. The maximum Gasteiger partial charge on any atom is 0.190 e. The monoisotopic (exact) mass is 212 g/mol. The van der Waals surface area contributed by atoms with E-state index in [9.17, 15) is 0 Å². The van der Waals surface area contributed by atoms with Crippen LogP contribution in [0.2, 0.25) is 0 Å². The molecule has 0 aliphatic carbocycles. The van der Waals surface area contributed by atoms with Crippen LogP contribution < -0.4 is 5.73 Å². The third kappa shape index (κ3) is 2.99. The molecule has 0 saturated heterocycles. The minimum absolute atomic E-state index is 0.341. The lowest BCUT2D eigenvalue weighted by Gasteiger charge is -2.11. The Morgan fingerprint density at radius 1 is 1.71 bits per heavy atom. The molecule has 78 valence electrons. The van der Waals surface area contributed by atoms with Gasteiger partial charge in [0.05, 0.1) is 11.6 Å². The van der Waals surface area contributed by atoms with E-state index in [4.69, 9.17) is 5.73 Å². The highest BCUT2D eigenvalue weighted by Crippen LogP contribution is 2.17. The zero-order valence-corrected chi connectivity index (χ0v) is 9.58. The molecule has 0 saturated carbocycles. The highest BCUT2D eigenvalue weighted by Gasteiger charge is 2.07. The van der Waals surface area contributed by atoms with Crippen LogP contribution in [0.5, 0.6) is 0 Å². The minimum Gasteiger partial charge on any atom is -0.370 e. The predicted molar refractivity (Wildman–Crippen MR) is 60.7 cm³/mol. The van der Waals surface area contributed by atoms with Crippen LogP contribution >= 0.6 is 11.3 Å². The number of aliphatic imine (C=N–C) groups is 1. The fourth-order valence-electron chi connectivity index (χ4n) is 0.928. The van der Waals surface area contributed by atoms with Gasteiger partial charge < -0.3 is 10.6 Å². The van der Waals surface area contributed by atoms with Crippen LogP contribution in [0.4, 0.5) is 0 Å². The van der Waals surface area contributed by atoms with Crippen LogP contribution in [-0.4, -0.2) is 36.5 Å². The van der Waals surface area contributed by atoms with Crippen molar-refractivity contribution in [2.24, 2.45) is 10.7 Å². The lowest BCUT2D eigenvalue weighted by atomic mass is 10.2. The topological polar surface area (TPSA) is 54.5 Å². The molecular formula is C9H16N4S. The van der Waals surface area contributed by atoms with Gasteiger partial charge in [-0.2, -0.15) is 0 Å². The van der Waals surface area contributed by atoms with Crippen molar-refractivity contribution < 1.29 is 0 Å². The number of rotatable bonds is 3. The lowest BCUT2D eigenvalue weighted by Crippen LogP contribution is -2.30. The number of nitrogens with zero attached hydrogens (tertiary/aromatic N) is 3. The normalized spacial score (nSPS) is 14.1. The number of guanidine groups is 1. The molecule has 2 N–H and O–H groups in total. The molecule has 14 heavy (non-hydrogen) atoms. The first kappa shape index (κ1) is 11.0. The highest BCUT2D eigenvalue weighted by molar-refractivity contribution is 7.09. The van der Waals surface area contributed by atoms with Gasteiger partial charge in [0, 0.05) is 31.6 Å². The summed E-state index contributed by atoms with van der Waals surface area (Å²) in [7, 11) is 3.76. The van der Waals surface area contributed by atoms with Crippen molar-refractivity contribution in [1.29, 1.82) is 0 Å². The van der Waals surface area contributed by atoms with Gasteiger partial charge in [-0.15, -0.1) is 11.3 Å². The van der Waals surface area contributed by atoms with Crippen LogP contribution in [0.15, 0.2) is 16.6 Å². The summed E-state index contributed by atoms with van der Waals surface area (Å²) in [6.07, 6.45) is 1.81. The molecule has 0 unspecified atom stereocenters. The summed E-state index contributed by atoms with van der Waals surface area (Å²) < 4.78 is 0. The lowest BCUT2D eigenvalue weighted by molar-refractivity contribution is 0.605. The molecule has 0 aliphatic heterocycles. The molecule has 4 nitrogen and oxygen atoms in total. The maximum atomic E-state index is 5.68. The van der Waals surface area contributed by atoms with Crippen LogP contribution in [0.25, 0.3) is 0 Å². The summed E-state index contributed by atoms with van der Waals surface area (Å²) >= 11 is 1.66. The number of nitrogens with two attached hydrogens (primary N) is 1. The van der Waals surface area contributed by atoms with Gasteiger partial charge in [0.1, 0.15) is 0 Å². The van der Waals surface area contributed by atoms with Gasteiger partial charge in [-0.1, -0.05) is 6.92 Å². The second-order valence-corrected chi connectivity index (χ2v) is 4.29. The Balaban J connectivity index is 2.50. The van der Waals surface area contributed by atoms with Gasteiger partial charge in [-0.3, -0.25) is 4.99 Å². The van der Waals surface area contributed by atoms with Gasteiger partial charge in [-0.05, 0) is 0 Å². The summed E-state index contributed by atoms with van der Waals surface area (Å²) in [6, 6.07) is 0. The van der Waals surface area contributed by atoms with Crippen LogP contribution in [0.3, 0.4) is 0 Å². The third-order valence-corrected chi connectivity index (χ3v) is 2.87. The molecule has 1 heterocycles. The first-order valence-electron chi connectivity index (χ1n) is 4.48. The van der Waals surface area contributed by atoms with Crippen LogP contribution in [-0.2, 0) is 0 Å². The molecule has 0 spiro atoms. The summed E-state index contributed by atoms with van der Waals surface area (Å²) in [5.41, 5.74) is 5.68. The van der Waals surface area contributed by atoms with Crippen molar-refractivity contribution in [2.45, 2.75) is 12.8 Å². The van der Waals surface area contributed by atoms with Crippen molar-refractivity contribution >= 4 is 17.3 Å². The van der Waals surface area contributed by atoms with E-state index >= 15 is 0 Å². The van der Waals surface area contributed by atoms with E-state index in [1.165, 1.54) is 0 Å². The molecule has 1 rings (SSSR count). The largest absolute Gasteiger partial charge is 0.370 e. The molecule has 1 aromatic rings. The van der Waals surface area contributed by atoms with Crippen molar-refractivity contribution in [3.05, 3.63) is 16.6 Å². The molecule has 0 radical (unpaired) electrons. The average Bonchev–Trinajstić information content (AvgIpc) is 2.66. The van der Waals surface area contributed by atoms with E-state index in [1.54, 1.807) is 16.2 Å². The average molecular weight is 212 g/mol. The molecule has 0 aliphatic rings. The van der Waals surface area contributed by atoms with Crippen LogP contribution in [0, 0.1) is 0 Å². The summed E-state index contributed by atoms with van der Waals surface area (Å²) in [5.74, 6) is 0.905. The van der Waals surface area contributed by atoms with E-state index in [0.717, 1.165) is 5.01 Å². The van der Waals surface area contributed by atoms with Gasteiger partial charge in [0.2, 0.25) is 0 Å². The number of thiazole rings is 1. The van der Waals surface area contributed by atoms with Gasteiger partial charge >= 0.3 is 0 Å². The van der Waals surface area contributed by atoms with Gasteiger partial charge in [-0.25, -0.2) is 4.98 Å². The zero-order valence-electron chi connectivity index (χ0n) is 8.77. The molecule has 1 atom stereocenters. The standard InChI is InChI=1S/C9H16N4S/c1-7(8-11-4-5-14-8)6-12-9(10)13(2)3/h4-5,7H,6H2,1-3H3,(H2,10,12)/t7-/m0/s1. The van der Waals surface area contributed by atoms with E-state index in [0.29, 0.717) is 18.4 Å². The summed E-state index contributed by atoms with van der Waals surface area (Å²) in [4.78, 5) is 10.3. The smallest absolute Gasteiger partial charge is 0.190 e. The van der Waals surface area contributed by atoms with Gasteiger partial charge in [0.15, 0.2) is 5.96 Å². The third-order valence-electron chi connectivity index (χ3n) is 1.86. The molecular weight excluding hydrogens is 196 g/mol. The van der Waals surface area contributed by atoms with Crippen LogP contribution in [0.1, 0.15) is 17.8 Å². The molecule has 1 aromatic heterocycles. The molecule has 0 bridgehead atoms. The van der Waals surface area contributed by atoms with Crippen molar-refractivity contribution in [3.63, 3.8) is 0 Å². The molecule has 0 aromatic carbocycles. The van der Waals surface area contributed by atoms with E-state index in [2.05, 4.69) is 16.9 Å². The number of hydrogen-bond acceptors (Lipinski definition) is 3. The highest BCUT2D eigenvalue weighted by atomic mass is 32.1. The van der Waals surface area contributed by atoms with E-state index in [-0.39, 0.29) is 0 Å². The Morgan fingerprint density at radius 3 is 2.93 bits per heavy atom. The number of hydrogen-bond donors (Lipinski definition) is 1. The SMILES string of the molecule is C[C@@H](CN=C(N)N(C)C)c1nccs1. The Kier molecular flexibility index (Phi) is 3.88. The fraction of sp³-hybridized carbons (Fsp3) is 0.556. The maximum absolute atomic E-state index is 5.68. The van der Waals surface area contributed by atoms with E-state index < -0.39 is 0 Å². The van der Waals surface area contributed by atoms with Crippen molar-refractivity contribution in [3.8, 4) is 0 Å². The summed E-state index contributed by atoms with van der Waals surface area (Å²) in [6.45, 7) is 2.79. The zero-order chi connectivity index (χ0) is 10.6. The molecule has 5 heteroatoms. The Hall–Kier alpha value is -1.10. The van der Waals surface area contributed by atoms with Gasteiger partial charge in [0.25, 0.3) is 0 Å². The Morgan fingerprint density at radius 2 is 2.43 bits per heavy atom. The first-order valence-corrected chi connectivity index (χ1v) is 5.36. The van der Waals surface area contributed by atoms with Crippen molar-refractivity contribution in [1.82, 2.24) is 9.88 Å². The summed E-state index contributed by atoms with van der Waals surface area (Å²) in [5, 5.41) is 3.09. The quantitative estimate of drug-likeness (QED) is 0.603. The second-order valence-electron chi connectivity index (χ2n) is 3.36. The molecule has 0 amide bonds. The second kappa shape index (κ2) is 4.95. The molecule has 0 fully saturated rings.